The molecule has 3 saturated heterocycles. The van der Waals surface area contributed by atoms with Gasteiger partial charge in [0.15, 0.2) is 5.96 Å². The van der Waals surface area contributed by atoms with E-state index in [0.29, 0.717) is 18.4 Å². The summed E-state index contributed by atoms with van der Waals surface area (Å²) in [6.45, 7) is 8.27. The third kappa shape index (κ3) is 4.62. The number of halogens is 1. The van der Waals surface area contributed by atoms with Gasteiger partial charge in [-0.15, -0.1) is 24.0 Å². The highest BCUT2D eigenvalue weighted by Crippen LogP contribution is 2.38. The molecule has 0 bridgehead atoms. The minimum Gasteiger partial charge on any atom is -0.381 e. The number of ether oxygens (including phenoxy) is 1. The van der Waals surface area contributed by atoms with Crippen molar-refractivity contribution in [2.24, 2.45) is 10.4 Å². The van der Waals surface area contributed by atoms with Gasteiger partial charge in [0.25, 0.3) is 0 Å². The van der Waals surface area contributed by atoms with Crippen molar-refractivity contribution < 1.29 is 9.53 Å². The molecule has 28 heavy (non-hydrogen) atoms. The summed E-state index contributed by atoms with van der Waals surface area (Å²) in [6.07, 6.45) is 3.96. The lowest BCUT2D eigenvalue weighted by atomic mass is 9.87. The Labute approximate surface area is 184 Å². The van der Waals surface area contributed by atoms with Crippen LogP contribution in [0, 0.1) is 5.41 Å². The molecule has 7 heteroatoms. The summed E-state index contributed by atoms with van der Waals surface area (Å²) in [5.74, 6) is 1.22. The number of carbonyl (C=O) groups excluding carboxylic acids is 1. The van der Waals surface area contributed by atoms with Crippen LogP contribution in [-0.2, 0) is 16.1 Å². The van der Waals surface area contributed by atoms with Crippen molar-refractivity contribution in [2.75, 3.05) is 44.3 Å². The number of benzene rings is 1. The normalized spacial score (nSPS) is 24.9. The van der Waals surface area contributed by atoms with E-state index in [4.69, 9.17) is 9.73 Å². The Morgan fingerprint density at radius 3 is 2.93 bits per heavy atom. The molecule has 0 aliphatic carbocycles. The van der Waals surface area contributed by atoms with E-state index in [-0.39, 0.29) is 29.9 Å². The maximum atomic E-state index is 12.0. The van der Waals surface area contributed by atoms with Crippen LogP contribution in [-0.4, -0.2) is 56.2 Å². The first-order chi connectivity index (χ1) is 13.2. The quantitative estimate of drug-likeness (QED) is 0.394. The van der Waals surface area contributed by atoms with Crippen molar-refractivity contribution in [3.8, 4) is 0 Å². The molecule has 0 aromatic heterocycles. The Balaban J connectivity index is 0.00000225. The molecule has 1 unspecified atom stereocenters. The monoisotopic (exact) mass is 498 g/mol. The Morgan fingerprint density at radius 2 is 2.21 bits per heavy atom. The number of aliphatic imine (C=N–C) groups is 1. The van der Waals surface area contributed by atoms with E-state index >= 15 is 0 Å². The number of hydrogen-bond acceptors (Lipinski definition) is 3. The molecule has 1 atom stereocenters. The maximum absolute atomic E-state index is 12.0. The van der Waals surface area contributed by atoms with Crippen molar-refractivity contribution in [1.29, 1.82) is 0 Å². The number of nitrogens with one attached hydrogen (secondary N) is 1. The zero-order chi connectivity index (χ0) is 18.7. The van der Waals surface area contributed by atoms with Gasteiger partial charge in [-0.25, -0.2) is 4.99 Å². The third-order valence-corrected chi connectivity index (χ3v) is 5.96. The van der Waals surface area contributed by atoms with Crippen molar-refractivity contribution in [2.45, 2.75) is 39.2 Å². The van der Waals surface area contributed by atoms with E-state index in [9.17, 15) is 4.79 Å². The second-order valence-electron chi connectivity index (χ2n) is 7.96. The van der Waals surface area contributed by atoms with E-state index in [1.165, 1.54) is 6.42 Å². The first-order valence-corrected chi connectivity index (χ1v) is 10.2. The van der Waals surface area contributed by atoms with Crippen molar-refractivity contribution in [1.82, 2.24) is 10.2 Å². The van der Waals surface area contributed by atoms with Gasteiger partial charge < -0.3 is 19.9 Å². The predicted molar refractivity (Wildman–Crippen MR) is 122 cm³/mol. The summed E-state index contributed by atoms with van der Waals surface area (Å²) in [4.78, 5) is 21.2. The van der Waals surface area contributed by atoms with Crippen LogP contribution in [0.3, 0.4) is 0 Å². The van der Waals surface area contributed by atoms with Crippen LogP contribution in [0.2, 0.25) is 0 Å². The molecule has 6 nitrogen and oxygen atoms in total. The smallest absolute Gasteiger partial charge is 0.227 e. The zero-order valence-corrected chi connectivity index (χ0v) is 19.0. The number of carbonyl (C=O) groups is 1. The molecular formula is C21H31IN4O2. The Hall–Kier alpha value is -1.35. The summed E-state index contributed by atoms with van der Waals surface area (Å²) >= 11 is 0. The lowest BCUT2D eigenvalue weighted by molar-refractivity contribution is -0.117. The Kier molecular flexibility index (Phi) is 7.20. The van der Waals surface area contributed by atoms with Gasteiger partial charge in [-0.3, -0.25) is 4.79 Å². The van der Waals surface area contributed by atoms with Gasteiger partial charge in [0.05, 0.1) is 13.2 Å². The highest BCUT2D eigenvalue weighted by molar-refractivity contribution is 14.0. The van der Waals surface area contributed by atoms with E-state index in [1.807, 2.05) is 17.0 Å². The van der Waals surface area contributed by atoms with E-state index in [2.05, 4.69) is 29.3 Å². The van der Waals surface area contributed by atoms with Crippen molar-refractivity contribution in [3.05, 3.63) is 29.8 Å². The molecule has 3 heterocycles. The van der Waals surface area contributed by atoms with Crippen LogP contribution in [0.5, 0.6) is 0 Å². The maximum Gasteiger partial charge on any atom is 0.227 e. The van der Waals surface area contributed by atoms with Gasteiger partial charge in [0.2, 0.25) is 5.91 Å². The number of nitrogens with zero attached hydrogens (tertiary/aromatic N) is 3. The standard InChI is InChI=1S/C21H30N4O2.HI/c1-2-22-20(24-11-8-21(15-24)9-12-27-16-21)23-14-17-5-3-6-18(13-17)25-10-4-7-19(25)26;/h3,5-6,13H,2,4,7-12,14-16H2,1H3,(H,22,23);1H. The lowest BCUT2D eigenvalue weighted by Gasteiger charge is -2.25. The highest BCUT2D eigenvalue weighted by Gasteiger charge is 2.42. The SMILES string of the molecule is CCNC(=NCc1cccc(N2CCCC2=O)c1)N1CCC2(CCOC2)C1.I. The molecule has 0 radical (unpaired) electrons. The summed E-state index contributed by atoms with van der Waals surface area (Å²) in [7, 11) is 0. The number of amides is 1. The Morgan fingerprint density at radius 1 is 1.32 bits per heavy atom. The molecule has 154 valence electrons. The summed E-state index contributed by atoms with van der Waals surface area (Å²) in [5, 5.41) is 3.45. The molecule has 4 rings (SSSR count). The first kappa shape index (κ1) is 21.4. The van der Waals surface area contributed by atoms with E-state index in [1.54, 1.807) is 0 Å². The molecule has 3 fully saturated rings. The molecule has 1 amide bonds. The number of likely N-dealkylation sites (tertiary alicyclic amines) is 1. The molecule has 3 aliphatic heterocycles. The average Bonchev–Trinajstić information content (AvgIpc) is 3.42. The molecule has 3 aliphatic rings. The largest absolute Gasteiger partial charge is 0.381 e. The molecule has 1 N–H and O–H groups in total. The van der Waals surface area contributed by atoms with Gasteiger partial charge in [0.1, 0.15) is 0 Å². The zero-order valence-electron chi connectivity index (χ0n) is 16.7. The number of anilines is 1. The van der Waals surface area contributed by atoms with E-state index in [0.717, 1.165) is 69.4 Å². The Bertz CT molecular complexity index is 718. The van der Waals surface area contributed by atoms with Crippen molar-refractivity contribution in [3.63, 3.8) is 0 Å². The van der Waals surface area contributed by atoms with Crippen LogP contribution < -0.4 is 10.2 Å². The van der Waals surface area contributed by atoms with E-state index < -0.39 is 0 Å². The molecule has 0 saturated carbocycles. The van der Waals surface area contributed by atoms with Crippen LogP contribution in [0.4, 0.5) is 5.69 Å². The molecular weight excluding hydrogens is 467 g/mol. The van der Waals surface area contributed by atoms with Gasteiger partial charge in [-0.2, -0.15) is 0 Å². The number of guanidine groups is 1. The van der Waals surface area contributed by atoms with Crippen LogP contribution in [0.25, 0.3) is 0 Å². The fourth-order valence-corrected chi connectivity index (χ4v) is 4.42. The minimum atomic E-state index is 0. The van der Waals surface area contributed by atoms with Crippen LogP contribution in [0.1, 0.15) is 38.2 Å². The third-order valence-electron chi connectivity index (χ3n) is 5.96. The molecule has 1 aromatic rings. The minimum absolute atomic E-state index is 0. The van der Waals surface area contributed by atoms with Crippen LogP contribution >= 0.6 is 24.0 Å². The van der Waals surface area contributed by atoms with Crippen molar-refractivity contribution >= 4 is 41.5 Å². The second-order valence-corrected chi connectivity index (χ2v) is 7.96. The van der Waals surface area contributed by atoms with Crippen LogP contribution in [0.15, 0.2) is 29.3 Å². The molecule has 1 aromatic carbocycles. The van der Waals surface area contributed by atoms with Gasteiger partial charge in [-0.05, 0) is 43.9 Å². The highest BCUT2D eigenvalue weighted by atomic mass is 127. The number of rotatable bonds is 4. The topological polar surface area (TPSA) is 57.2 Å². The first-order valence-electron chi connectivity index (χ1n) is 10.2. The molecule has 1 spiro atoms. The van der Waals surface area contributed by atoms with Gasteiger partial charge >= 0.3 is 0 Å². The summed E-state index contributed by atoms with van der Waals surface area (Å²) in [6, 6.07) is 8.24. The second kappa shape index (κ2) is 9.43. The fraction of sp³-hybridized carbons (Fsp3) is 0.619. The lowest BCUT2D eigenvalue weighted by Crippen LogP contribution is -2.41. The number of hydrogen-bond donors (Lipinski definition) is 1. The van der Waals surface area contributed by atoms with Gasteiger partial charge in [-0.1, -0.05) is 12.1 Å². The fourth-order valence-electron chi connectivity index (χ4n) is 4.42. The average molecular weight is 498 g/mol. The van der Waals surface area contributed by atoms with Gasteiger partial charge in [0, 0.05) is 50.3 Å². The summed E-state index contributed by atoms with van der Waals surface area (Å²) in [5.41, 5.74) is 2.46. The predicted octanol–water partition coefficient (Wildman–Crippen LogP) is 3.01. The summed E-state index contributed by atoms with van der Waals surface area (Å²) < 4.78 is 5.65.